The lowest BCUT2D eigenvalue weighted by Gasteiger charge is -1.99. The van der Waals surface area contributed by atoms with Gasteiger partial charge < -0.3 is 13.9 Å². The van der Waals surface area contributed by atoms with Gasteiger partial charge in [-0.3, -0.25) is 10.1 Å². The zero-order valence-corrected chi connectivity index (χ0v) is 15.1. The van der Waals surface area contributed by atoms with Crippen LogP contribution in [0.15, 0.2) is 46.9 Å². The number of rotatable bonds is 4. The van der Waals surface area contributed by atoms with Crippen LogP contribution >= 0.6 is 23.2 Å². The molecule has 136 valence electrons. The van der Waals surface area contributed by atoms with Gasteiger partial charge in [0, 0.05) is 11.1 Å². The Morgan fingerprint density at radius 1 is 1.07 bits per heavy atom. The fourth-order valence-electron chi connectivity index (χ4n) is 2.38. The molecule has 9 heteroatoms. The first kappa shape index (κ1) is 17.4. The number of carbonyl (C=O) groups is 1. The molecule has 0 bridgehead atoms. The van der Waals surface area contributed by atoms with Gasteiger partial charge >= 0.3 is 6.01 Å². The predicted octanol–water partition coefficient (Wildman–Crippen LogP) is 4.42. The van der Waals surface area contributed by atoms with E-state index in [0.717, 1.165) is 5.56 Å². The maximum atomic E-state index is 12.1. The van der Waals surface area contributed by atoms with Crippen LogP contribution in [0, 0.1) is 0 Å². The smallest absolute Gasteiger partial charge is 0.322 e. The van der Waals surface area contributed by atoms with Crippen molar-refractivity contribution in [2.45, 2.75) is 0 Å². The summed E-state index contributed by atoms with van der Waals surface area (Å²) in [6.45, 7) is 0.195. The molecule has 0 fully saturated rings. The molecule has 27 heavy (non-hydrogen) atoms. The highest BCUT2D eigenvalue weighted by Gasteiger charge is 2.14. The van der Waals surface area contributed by atoms with Crippen LogP contribution in [0.25, 0.3) is 17.5 Å². The monoisotopic (exact) mass is 403 g/mol. The number of nitrogens with zero attached hydrogens (tertiary/aromatic N) is 2. The number of hydrogen-bond acceptors (Lipinski definition) is 6. The van der Waals surface area contributed by atoms with Crippen LogP contribution in [0.1, 0.15) is 5.56 Å². The Morgan fingerprint density at radius 3 is 2.78 bits per heavy atom. The molecule has 2 aromatic carbocycles. The molecule has 1 aromatic heterocycles. The number of amides is 1. The van der Waals surface area contributed by atoms with E-state index in [1.54, 1.807) is 36.4 Å². The van der Waals surface area contributed by atoms with Crippen LogP contribution in [0.3, 0.4) is 0 Å². The van der Waals surface area contributed by atoms with Crippen LogP contribution < -0.4 is 14.8 Å². The molecule has 0 atom stereocenters. The highest BCUT2D eigenvalue weighted by molar-refractivity contribution is 6.36. The number of benzene rings is 2. The minimum absolute atomic E-state index is 0.0450. The molecule has 1 aliphatic heterocycles. The van der Waals surface area contributed by atoms with Crippen LogP contribution in [0.5, 0.6) is 11.5 Å². The second-order valence-electron chi connectivity index (χ2n) is 5.47. The summed E-state index contributed by atoms with van der Waals surface area (Å²) >= 11 is 12.0. The third kappa shape index (κ3) is 3.89. The van der Waals surface area contributed by atoms with Crippen molar-refractivity contribution in [3.05, 3.63) is 58.1 Å². The SMILES string of the molecule is O=C(/C=C/c1ccc2c(c1)OCO2)Nc1nnc(-c2ccc(Cl)cc2Cl)o1. The van der Waals surface area contributed by atoms with Crippen molar-refractivity contribution in [3.8, 4) is 23.0 Å². The molecule has 2 heterocycles. The van der Waals surface area contributed by atoms with Gasteiger partial charge in [-0.1, -0.05) is 34.4 Å². The summed E-state index contributed by atoms with van der Waals surface area (Å²) in [5.41, 5.74) is 1.30. The molecule has 0 radical (unpaired) electrons. The maximum absolute atomic E-state index is 12.1. The van der Waals surface area contributed by atoms with Gasteiger partial charge in [-0.05, 0) is 42.0 Å². The molecular formula is C18H11Cl2N3O4. The summed E-state index contributed by atoms with van der Waals surface area (Å²) in [6.07, 6.45) is 2.97. The van der Waals surface area contributed by atoms with E-state index in [-0.39, 0.29) is 18.7 Å². The van der Waals surface area contributed by atoms with Crippen molar-refractivity contribution in [2.24, 2.45) is 0 Å². The quantitative estimate of drug-likeness (QED) is 0.648. The van der Waals surface area contributed by atoms with Gasteiger partial charge in [0.25, 0.3) is 11.8 Å². The van der Waals surface area contributed by atoms with Crippen molar-refractivity contribution in [1.82, 2.24) is 10.2 Å². The van der Waals surface area contributed by atoms with E-state index in [1.165, 1.54) is 6.08 Å². The lowest BCUT2D eigenvalue weighted by molar-refractivity contribution is -0.112. The summed E-state index contributed by atoms with van der Waals surface area (Å²) in [5, 5.41) is 11.0. The van der Waals surface area contributed by atoms with E-state index in [2.05, 4.69) is 15.5 Å². The Balaban J connectivity index is 1.43. The first-order chi connectivity index (χ1) is 13.1. The lowest BCUT2D eigenvalue weighted by atomic mass is 10.2. The summed E-state index contributed by atoms with van der Waals surface area (Å²) in [7, 11) is 0. The van der Waals surface area contributed by atoms with E-state index >= 15 is 0 Å². The Kier molecular flexibility index (Phi) is 4.70. The highest BCUT2D eigenvalue weighted by Crippen LogP contribution is 2.33. The third-order valence-corrected chi connectivity index (χ3v) is 4.19. The van der Waals surface area contributed by atoms with Crippen molar-refractivity contribution < 1.29 is 18.7 Å². The van der Waals surface area contributed by atoms with Crippen molar-refractivity contribution in [2.75, 3.05) is 12.1 Å². The Morgan fingerprint density at radius 2 is 1.93 bits per heavy atom. The Hall–Kier alpha value is -3.03. The van der Waals surface area contributed by atoms with Gasteiger partial charge in [0.05, 0.1) is 10.6 Å². The highest BCUT2D eigenvalue weighted by atomic mass is 35.5. The fraction of sp³-hybridized carbons (Fsp3) is 0.0556. The van der Waals surface area contributed by atoms with Gasteiger partial charge in [-0.25, -0.2) is 0 Å². The number of carbonyl (C=O) groups excluding carboxylic acids is 1. The Labute approximate surface area is 163 Å². The molecule has 1 aliphatic rings. The third-order valence-electron chi connectivity index (χ3n) is 3.64. The molecule has 0 saturated carbocycles. The summed E-state index contributed by atoms with van der Waals surface area (Å²) in [5.74, 6) is 1.06. The standard InChI is InChI=1S/C18H11Cl2N3O4/c19-11-3-4-12(13(20)8-11)17-22-23-18(27-17)21-16(24)6-2-10-1-5-14-15(7-10)26-9-25-14/h1-8H,9H2,(H,21,23,24)/b6-2+. The fourth-order valence-corrected chi connectivity index (χ4v) is 2.87. The zero-order valence-electron chi connectivity index (χ0n) is 13.6. The lowest BCUT2D eigenvalue weighted by Crippen LogP contribution is -2.07. The molecule has 3 aromatic rings. The van der Waals surface area contributed by atoms with E-state index in [0.29, 0.717) is 27.1 Å². The molecule has 7 nitrogen and oxygen atoms in total. The first-order valence-corrected chi connectivity index (χ1v) is 8.52. The van der Waals surface area contributed by atoms with Gasteiger partial charge in [0.15, 0.2) is 11.5 Å². The van der Waals surface area contributed by atoms with Crippen LogP contribution in [0.2, 0.25) is 10.0 Å². The summed E-state index contributed by atoms with van der Waals surface area (Å²) in [4.78, 5) is 12.1. The molecule has 4 rings (SSSR count). The first-order valence-electron chi connectivity index (χ1n) is 7.76. The molecule has 0 spiro atoms. The van der Waals surface area contributed by atoms with Crippen molar-refractivity contribution in [1.29, 1.82) is 0 Å². The molecule has 1 amide bonds. The van der Waals surface area contributed by atoms with Crippen LogP contribution in [-0.2, 0) is 4.79 Å². The van der Waals surface area contributed by atoms with Crippen LogP contribution in [0.4, 0.5) is 6.01 Å². The normalized spacial score (nSPS) is 12.5. The van der Waals surface area contributed by atoms with E-state index in [1.807, 2.05) is 6.07 Å². The van der Waals surface area contributed by atoms with Gasteiger partial charge in [0.1, 0.15) is 0 Å². The minimum Gasteiger partial charge on any atom is -0.454 e. The van der Waals surface area contributed by atoms with Gasteiger partial charge in [-0.15, -0.1) is 5.10 Å². The number of halogens is 2. The molecule has 1 N–H and O–H groups in total. The van der Waals surface area contributed by atoms with Crippen LogP contribution in [-0.4, -0.2) is 22.9 Å². The maximum Gasteiger partial charge on any atom is 0.322 e. The number of anilines is 1. The summed E-state index contributed by atoms with van der Waals surface area (Å²) < 4.78 is 16.0. The Bertz CT molecular complexity index is 1050. The van der Waals surface area contributed by atoms with Gasteiger partial charge in [-0.2, -0.15) is 0 Å². The van der Waals surface area contributed by atoms with Crippen molar-refractivity contribution in [3.63, 3.8) is 0 Å². The topological polar surface area (TPSA) is 86.5 Å². The number of fused-ring (bicyclic) bond motifs is 1. The average Bonchev–Trinajstić information content (AvgIpc) is 3.29. The average molecular weight is 404 g/mol. The van der Waals surface area contributed by atoms with Crippen molar-refractivity contribution >= 4 is 41.2 Å². The molecular weight excluding hydrogens is 393 g/mol. The van der Waals surface area contributed by atoms with E-state index < -0.39 is 5.91 Å². The molecule has 0 aliphatic carbocycles. The number of ether oxygens (including phenoxy) is 2. The molecule has 0 saturated heterocycles. The van der Waals surface area contributed by atoms with E-state index in [9.17, 15) is 4.79 Å². The predicted molar refractivity (Wildman–Crippen MR) is 100.0 cm³/mol. The summed E-state index contributed by atoms with van der Waals surface area (Å²) in [6, 6.07) is 10.2. The van der Waals surface area contributed by atoms with Gasteiger partial charge in [0.2, 0.25) is 6.79 Å². The van der Waals surface area contributed by atoms with E-state index in [4.69, 9.17) is 37.1 Å². The minimum atomic E-state index is -0.426. The second kappa shape index (κ2) is 7.30. The largest absolute Gasteiger partial charge is 0.454 e. The number of aromatic nitrogens is 2. The number of nitrogens with one attached hydrogen (secondary N) is 1. The zero-order chi connectivity index (χ0) is 18.8. The number of hydrogen-bond donors (Lipinski definition) is 1. The molecule has 0 unspecified atom stereocenters. The second-order valence-corrected chi connectivity index (χ2v) is 6.32.